The first kappa shape index (κ1) is 20.0. The normalized spacial score (nSPS) is 8.92. The maximum absolute atomic E-state index is 12.4. The maximum Gasteiger partial charge on any atom is 0.426 e. The summed E-state index contributed by atoms with van der Waals surface area (Å²) in [6, 6.07) is 8.27. The number of anilines is 1. The van der Waals surface area contributed by atoms with Gasteiger partial charge in [-0.15, -0.1) is 0 Å². The summed E-state index contributed by atoms with van der Waals surface area (Å²) in [5.74, 6) is -0.661. The smallest absolute Gasteiger partial charge is 0.426 e. The van der Waals surface area contributed by atoms with Crippen LogP contribution in [0.3, 0.4) is 0 Å². The highest BCUT2D eigenvalue weighted by molar-refractivity contribution is 6.02. The van der Waals surface area contributed by atoms with Crippen LogP contribution in [0.25, 0.3) is 0 Å². The molecule has 0 aliphatic rings. The number of ether oxygens (including phenoxy) is 1. The lowest BCUT2D eigenvalue weighted by Gasteiger charge is -2.15. The molecule has 1 aromatic rings. The molecule has 0 heterocycles. The summed E-state index contributed by atoms with van der Waals surface area (Å²) < 4.78 is 4.65. The molecule has 0 bridgehead atoms. The predicted molar refractivity (Wildman–Crippen MR) is 91.0 cm³/mol. The van der Waals surface area contributed by atoms with Gasteiger partial charge >= 0.3 is 6.09 Å². The lowest BCUT2D eigenvalue weighted by molar-refractivity contribution is 0.0913. The fourth-order valence-corrected chi connectivity index (χ4v) is 2.12. The number of carbonyl (C=O) groups is 2. The molecule has 26 heavy (non-hydrogen) atoms. The van der Waals surface area contributed by atoms with E-state index >= 15 is 0 Å². The summed E-state index contributed by atoms with van der Waals surface area (Å²) in [5.41, 5.74) is 5.29. The van der Waals surface area contributed by atoms with Gasteiger partial charge in [0.05, 0.1) is 17.9 Å². The van der Waals surface area contributed by atoms with Crippen molar-refractivity contribution in [1.29, 1.82) is 15.8 Å². The zero-order chi connectivity index (χ0) is 19.7. The molecular formula is C17H16N6O3. The molecule has 132 valence electrons. The number of nitriles is 3. The van der Waals surface area contributed by atoms with E-state index in [4.69, 9.17) is 10.5 Å². The van der Waals surface area contributed by atoms with Crippen molar-refractivity contribution in [3.63, 3.8) is 0 Å². The van der Waals surface area contributed by atoms with Crippen LogP contribution in [-0.4, -0.2) is 18.6 Å². The van der Waals surface area contributed by atoms with Crippen LogP contribution >= 0.6 is 0 Å². The van der Waals surface area contributed by atoms with Crippen LogP contribution in [0.5, 0.6) is 0 Å². The van der Waals surface area contributed by atoms with Gasteiger partial charge in [-0.2, -0.15) is 15.8 Å². The maximum atomic E-state index is 12.4. The molecule has 0 aliphatic heterocycles. The van der Waals surface area contributed by atoms with Gasteiger partial charge in [0.2, 0.25) is 0 Å². The Kier molecular flexibility index (Phi) is 7.17. The number of hydrogen-bond acceptors (Lipinski definition) is 7. The molecule has 0 atom stereocenters. The Labute approximate surface area is 150 Å². The number of rotatable bonds is 4. The topological polar surface area (TPSA) is 151 Å². The molecule has 2 amide bonds. The van der Waals surface area contributed by atoms with Gasteiger partial charge in [-0.05, 0) is 38.0 Å². The van der Waals surface area contributed by atoms with Crippen LogP contribution < -0.4 is 16.2 Å². The van der Waals surface area contributed by atoms with Crippen LogP contribution in [0, 0.1) is 47.8 Å². The molecule has 0 saturated carbocycles. The average Bonchev–Trinajstić information content (AvgIpc) is 2.59. The van der Waals surface area contributed by atoms with Crippen molar-refractivity contribution < 1.29 is 14.3 Å². The summed E-state index contributed by atoms with van der Waals surface area (Å²) in [4.78, 5) is 23.7. The minimum Gasteiger partial charge on any atom is -0.449 e. The molecular weight excluding hydrogens is 336 g/mol. The number of carbonyl (C=O) groups excluding carboxylic acids is 2. The van der Waals surface area contributed by atoms with Crippen molar-refractivity contribution in [3.05, 3.63) is 40.1 Å². The van der Waals surface area contributed by atoms with Crippen molar-refractivity contribution in [2.45, 2.75) is 20.8 Å². The molecule has 1 rings (SSSR count). The molecule has 0 unspecified atom stereocenters. The van der Waals surface area contributed by atoms with Crippen LogP contribution in [-0.2, 0) is 4.74 Å². The summed E-state index contributed by atoms with van der Waals surface area (Å²) in [5, 5.41) is 29.7. The minimum absolute atomic E-state index is 0.135. The van der Waals surface area contributed by atoms with E-state index < -0.39 is 17.6 Å². The standard InChI is InChI=1S/C17H16N6O3/c1-4-26-17(25)23-22-16(24)15-11(3)5-10(2)6-13(15)21-14(9-20)12(7-18)8-19/h5-6,21H,4H2,1-3H3,(H,22,24)(H,23,25). The Morgan fingerprint density at radius 1 is 1.08 bits per heavy atom. The third-order valence-corrected chi connectivity index (χ3v) is 3.11. The summed E-state index contributed by atoms with van der Waals surface area (Å²) in [6.07, 6.45) is -0.825. The lowest BCUT2D eigenvalue weighted by atomic mass is 10.0. The van der Waals surface area contributed by atoms with Gasteiger partial charge in [0.15, 0.2) is 5.57 Å². The highest BCUT2D eigenvalue weighted by Gasteiger charge is 2.18. The van der Waals surface area contributed by atoms with E-state index in [2.05, 4.69) is 20.9 Å². The molecule has 0 saturated heterocycles. The molecule has 0 aliphatic carbocycles. The van der Waals surface area contributed by atoms with E-state index in [-0.39, 0.29) is 23.6 Å². The van der Waals surface area contributed by atoms with Crippen LogP contribution in [0.1, 0.15) is 28.4 Å². The van der Waals surface area contributed by atoms with Gasteiger partial charge in [-0.25, -0.2) is 10.2 Å². The second-order valence-electron chi connectivity index (χ2n) is 5.01. The minimum atomic E-state index is -0.825. The Bertz CT molecular complexity index is 867. The largest absolute Gasteiger partial charge is 0.449 e. The van der Waals surface area contributed by atoms with Gasteiger partial charge in [0.25, 0.3) is 5.91 Å². The van der Waals surface area contributed by atoms with Crippen LogP contribution in [0.2, 0.25) is 0 Å². The Morgan fingerprint density at radius 3 is 2.27 bits per heavy atom. The van der Waals surface area contributed by atoms with Crippen molar-refractivity contribution in [2.75, 3.05) is 11.9 Å². The molecule has 9 heteroatoms. The number of hydrazine groups is 1. The Morgan fingerprint density at radius 2 is 1.73 bits per heavy atom. The van der Waals surface area contributed by atoms with E-state index in [0.29, 0.717) is 5.56 Å². The Hall–Kier alpha value is -4.03. The number of nitrogens with zero attached hydrogens (tertiary/aromatic N) is 3. The van der Waals surface area contributed by atoms with Crippen LogP contribution in [0.4, 0.5) is 10.5 Å². The monoisotopic (exact) mass is 352 g/mol. The van der Waals surface area contributed by atoms with Gasteiger partial charge in [-0.1, -0.05) is 6.07 Å². The zero-order valence-corrected chi connectivity index (χ0v) is 14.4. The van der Waals surface area contributed by atoms with Gasteiger partial charge in [-0.3, -0.25) is 10.2 Å². The first-order valence-corrected chi connectivity index (χ1v) is 7.43. The first-order chi connectivity index (χ1) is 12.4. The van der Waals surface area contributed by atoms with Crippen molar-refractivity contribution in [3.8, 4) is 18.2 Å². The number of amides is 2. The third-order valence-electron chi connectivity index (χ3n) is 3.11. The van der Waals surface area contributed by atoms with E-state index in [9.17, 15) is 14.9 Å². The number of hydrogen-bond donors (Lipinski definition) is 3. The van der Waals surface area contributed by atoms with Crippen LogP contribution in [0.15, 0.2) is 23.4 Å². The number of aryl methyl sites for hydroxylation is 2. The highest BCUT2D eigenvalue weighted by atomic mass is 16.5. The van der Waals surface area contributed by atoms with E-state index in [0.717, 1.165) is 5.56 Å². The summed E-state index contributed by atoms with van der Waals surface area (Å²) in [7, 11) is 0. The SMILES string of the molecule is CCOC(=O)NNC(=O)c1c(C)cc(C)cc1NC(C#N)=C(C#N)C#N. The highest BCUT2D eigenvalue weighted by Crippen LogP contribution is 2.24. The molecule has 0 aromatic heterocycles. The van der Waals surface area contributed by atoms with Crippen molar-refractivity contribution >= 4 is 17.7 Å². The zero-order valence-electron chi connectivity index (χ0n) is 14.4. The van der Waals surface area contributed by atoms with E-state index in [1.807, 2.05) is 0 Å². The van der Waals surface area contributed by atoms with E-state index in [1.165, 1.54) is 0 Å². The summed E-state index contributed by atoms with van der Waals surface area (Å²) >= 11 is 0. The van der Waals surface area contributed by atoms with Crippen molar-refractivity contribution in [1.82, 2.24) is 10.9 Å². The second-order valence-corrected chi connectivity index (χ2v) is 5.01. The fraction of sp³-hybridized carbons (Fsp3) is 0.235. The lowest BCUT2D eigenvalue weighted by Crippen LogP contribution is -2.42. The third kappa shape index (κ3) is 4.98. The van der Waals surface area contributed by atoms with Gasteiger partial charge < -0.3 is 10.1 Å². The average molecular weight is 352 g/mol. The molecule has 1 aromatic carbocycles. The molecule has 3 N–H and O–H groups in total. The molecule has 0 spiro atoms. The van der Waals surface area contributed by atoms with Gasteiger partial charge in [0, 0.05) is 0 Å². The molecule has 0 radical (unpaired) electrons. The first-order valence-electron chi connectivity index (χ1n) is 7.43. The number of nitrogens with one attached hydrogen (secondary N) is 3. The van der Waals surface area contributed by atoms with E-state index in [1.54, 1.807) is 51.1 Å². The Balaban J connectivity index is 3.26. The number of allylic oxidation sites excluding steroid dienone is 2. The molecule has 9 nitrogen and oxygen atoms in total. The predicted octanol–water partition coefficient (Wildman–Crippen LogP) is 1.93. The van der Waals surface area contributed by atoms with Crippen molar-refractivity contribution in [2.24, 2.45) is 0 Å². The second kappa shape index (κ2) is 9.31. The number of benzene rings is 1. The quantitative estimate of drug-likeness (QED) is 0.553. The van der Waals surface area contributed by atoms with Gasteiger partial charge in [0.1, 0.15) is 23.9 Å². The summed E-state index contributed by atoms with van der Waals surface area (Å²) in [6.45, 7) is 5.20. The molecule has 0 fully saturated rings. The fourth-order valence-electron chi connectivity index (χ4n) is 2.12.